The van der Waals surface area contributed by atoms with Gasteiger partial charge in [0.25, 0.3) is 0 Å². The first-order valence-corrected chi connectivity index (χ1v) is 9.56. The Morgan fingerprint density at radius 1 is 1.07 bits per heavy atom. The van der Waals surface area contributed by atoms with Crippen LogP contribution in [0.3, 0.4) is 0 Å². The highest BCUT2D eigenvalue weighted by Crippen LogP contribution is 2.32. The quantitative estimate of drug-likeness (QED) is 0.739. The summed E-state index contributed by atoms with van der Waals surface area (Å²) >= 11 is 0. The molecule has 1 amide bonds. The third kappa shape index (κ3) is 5.31. The SMILES string of the molecule is COCCc1ccc(Oc2ccc(NC(=O)[C@@H]3CCC[C@@H]3CN)cc2)cc1. The molecule has 1 fully saturated rings. The molecule has 144 valence electrons. The molecule has 27 heavy (non-hydrogen) atoms. The van der Waals surface area contributed by atoms with E-state index in [1.54, 1.807) is 7.11 Å². The second-order valence-corrected chi connectivity index (χ2v) is 7.04. The van der Waals surface area contributed by atoms with Crippen LogP contribution in [0.4, 0.5) is 5.69 Å². The molecule has 0 spiro atoms. The summed E-state index contributed by atoms with van der Waals surface area (Å²) in [6.45, 7) is 1.29. The zero-order valence-electron chi connectivity index (χ0n) is 15.8. The van der Waals surface area contributed by atoms with Crippen LogP contribution in [-0.2, 0) is 16.0 Å². The van der Waals surface area contributed by atoms with Gasteiger partial charge in [-0.15, -0.1) is 0 Å². The zero-order valence-corrected chi connectivity index (χ0v) is 15.8. The van der Waals surface area contributed by atoms with Gasteiger partial charge in [-0.05, 0) is 73.7 Å². The van der Waals surface area contributed by atoms with Crippen molar-refractivity contribution in [1.29, 1.82) is 0 Å². The van der Waals surface area contributed by atoms with Crippen molar-refractivity contribution >= 4 is 11.6 Å². The van der Waals surface area contributed by atoms with Gasteiger partial charge < -0.3 is 20.5 Å². The predicted molar refractivity (Wildman–Crippen MR) is 107 cm³/mol. The van der Waals surface area contributed by atoms with Crippen LogP contribution in [0, 0.1) is 11.8 Å². The number of benzene rings is 2. The number of methoxy groups -OCH3 is 1. The molecule has 0 radical (unpaired) electrons. The fourth-order valence-corrected chi connectivity index (χ4v) is 3.59. The molecule has 2 atom stereocenters. The van der Waals surface area contributed by atoms with Crippen LogP contribution in [-0.4, -0.2) is 26.2 Å². The normalized spacial score (nSPS) is 19.0. The molecule has 3 N–H and O–H groups in total. The maximum atomic E-state index is 12.5. The molecular formula is C22H28N2O3. The highest BCUT2D eigenvalue weighted by molar-refractivity contribution is 5.93. The molecule has 1 aliphatic carbocycles. The fourth-order valence-electron chi connectivity index (χ4n) is 3.59. The lowest BCUT2D eigenvalue weighted by Crippen LogP contribution is -2.29. The number of hydrogen-bond donors (Lipinski definition) is 2. The summed E-state index contributed by atoms with van der Waals surface area (Å²) < 4.78 is 11.0. The lowest BCUT2D eigenvalue weighted by molar-refractivity contribution is -0.120. The van der Waals surface area contributed by atoms with Gasteiger partial charge in [-0.3, -0.25) is 4.79 Å². The highest BCUT2D eigenvalue weighted by Gasteiger charge is 2.31. The molecule has 3 rings (SSSR count). The Morgan fingerprint density at radius 2 is 1.74 bits per heavy atom. The molecule has 0 bridgehead atoms. The number of ether oxygens (including phenoxy) is 2. The van der Waals surface area contributed by atoms with Gasteiger partial charge >= 0.3 is 0 Å². The van der Waals surface area contributed by atoms with E-state index in [4.69, 9.17) is 15.2 Å². The van der Waals surface area contributed by atoms with Gasteiger partial charge in [0.1, 0.15) is 11.5 Å². The predicted octanol–water partition coefficient (Wildman–Crippen LogP) is 3.98. The van der Waals surface area contributed by atoms with Crippen molar-refractivity contribution in [2.24, 2.45) is 17.6 Å². The van der Waals surface area contributed by atoms with Gasteiger partial charge in [0.15, 0.2) is 0 Å². The van der Waals surface area contributed by atoms with Gasteiger partial charge in [0, 0.05) is 18.7 Å². The minimum absolute atomic E-state index is 0.0301. The molecule has 5 nitrogen and oxygen atoms in total. The molecule has 0 aliphatic heterocycles. The van der Waals surface area contributed by atoms with Crippen LogP contribution < -0.4 is 15.8 Å². The maximum absolute atomic E-state index is 12.5. The Hall–Kier alpha value is -2.37. The second kappa shape index (κ2) is 9.53. The summed E-state index contributed by atoms with van der Waals surface area (Å²) in [6.07, 6.45) is 3.94. The number of carbonyl (C=O) groups is 1. The Morgan fingerprint density at radius 3 is 2.37 bits per heavy atom. The average Bonchev–Trinajstić information content (AvgIpc) is 3.18. The molecule has 2 aromatic carbocycles. The summed E-state index contributed by atoms with van der Waals surface area (Å²) in [7, 11) is 1.70. The van der Waals surface area contributed by atoms with E-state index < -0.39 is 0 Å². The van der Waals surface area contributed by atoms with Gasteiger partial charge in [0.05, 0.1) is 6.61 Å². The Balaban J connectivity index is 1.54. The first-order chi connectivity index (χ1) is 13.2. The molecule has 1 aliphatic rings. The zero-order chi connectivity index (χ0) is 19.1. The Bertz CT molecular complexity index is 728. The summed E-state index contributed by atoms with van der Waals surface area (Å²) in [4.78, 5) is 12.5. The first-order valence-electron chi connectivity index (χ1n) is 9.56. The van der Waals surface area contributed by atoms with Crippen LogP contribution in [0.1, 0.15) is 24.8 Å². The Kier molecular flexibility index (Phi) is 6.85. The largest absolute Gasteiger partial charge is 0.457 e. The highest BCUT2D eigenvalue weighted by atomic mass is 16.5. The number of nitrogens with two attached hydrogens (primary N) is 1. The number of anilines is 1. The molecule has 0 heterocycles. The van der Waals surface area contributed by atoms with E-state index in [0.29, 0.717) is 19.1 Å². The molecule has 5 heteroatoms. The lowest BCUT2D eigenvalue weighted by atomic mass is 9.95. The monoisotopic (exact) mass is 368 g/mol. The third-order valence-electron chi connectivity index (χ3n) is 5.17. The van der Waals surface area contributed by atoms with Crippen molar-refractivity contribution in [3.05, 3.63) is 54.1 Å². The smallest absolute Gasteiger partial charge is 0.227 e. The number of hydrogen-bond acceptors (Lipinski definition) is 4. The summed E-state index contributed by atoms with van der Waals surface area (Å²) in [5.74, 6) is 1.92. The van der Waals surface area contributed by atoms with Crippen molar-refractivity contribution < 1.29 is 14.3 Å². The van der Waals surface area contributed by atoms with Crippen LogP contribution in [0.5, 0.6) is 11.5 Å². The number of carbonyl (C=O) groups excluding carboxylic acids is 1. The van der Waals surface area contributed by atoms with Crippen LogP contribution in [0.15, 0.2) is 48.5 Å². The van der Waals surface area contributed by atoms with E-state index in [1.807, 2.05) is 48.5 Å². The van der Waals surface area contributed by atoms with Crippen LogP contribution in [0.25, 0.3) is 0 Å². The average molecular weight is 368 g/mol. The van der Waals surface area contributed by atoms with E-state index in [-0.39, 0.29) is 11.8 Å². The van der Waals surface area contributed by atoms with Crippen molar-refractivity contribution in [1.82, 2.24) is 0 Å². The maximum Gasteiger partial charge on any atom is 0.227 e. The summed E-state index contributed by atoms with van der Waals surface area (Å²) in [6, 6.07) is 15.4. The van der Waals surface area contributed by atoms with E-state index in [2.05, 4.69) is 5.32 Å². The van der Waals surface area contributed by atoms with Crippen molar-refractivity contribution in [2.45, 2.75) is 25.7 Å². The molecule has 2 aromatic rings. The van der Waals surface area contributed by atoms with Gasteiger partial charge in [-0.1, -0.05) is 18.6 Å². The standard InChI is InChI=1S/C22H28N2O3/c1-26-14-13-16-5-9-19(10-6-16)27-20-11-7-18(8-12-20)24-22(25)21-4-2-3-17(21)15-23/h5-12,17,21H,2-4,13-15,23H2,1H3,(H,24,25)/t17-,21-/m1/s1. The van der Waals surface area contributed by atoms with Crippen molar-refractivity contribution in [2.75, 3.05) is 25.6 Å². The molecular weight excluding hydrogens is 340 g/mol. The third-order valence-corrected chi connectivity index (χ3v) is 5.17. The number of amides is 1. The van der Waals surface area contributed by atoms with Gasteiger partial charge in [0.2, 0.25) is 5.91 Å². The van der Waals surface area contributed by atoms with Gasteiger partial charge in [-0.2, -0.15) is 0 Å². The van der Waals surface area contributed by atoms with Crippen molar-refractivity contribution in [3.8, 4) is 11.5 Å². The van der Waals surface area contributed by atoms with Gasteiger partial charge in [-0.25, -0.2) is 0 Å². The molecule has 0 saturated heterocycles. The topological polar surface area (TPSA) is 73.6 Å². The number of rotatable bonds is 8. The lowest BCUT2D eigenvalue weighted by Gasteiger charge is -2.17. The molecule has 0 aromatic heterocycles. The van der Waals surface area contributed by atoms with E-state index >= 15 is 0 Å². The van der Waals surface area contributed by atoms with Crippen LogP contribution >= 0.6 is 0 Å². The first kappa shape index (κ1) is 19.4. The second-order valence-electron chi connectivity index (χ2n) is 7.04. The Labute approximate surface area is 160 Å². The number of nitrogens with one attached hydrogen (secondary N) is 1. The molecule has 1 saturated carbocycles. The van der Waals surface area contributed by atoms with Crippen LogP contribution in [0.2, 0.25) is 0 Å². The minimum Gasteiger partial charge on any atom is -0.457 e. The van der Waals surface area contributed by atoms with Crippen molar-refractivity contribution in [3.63, 3.8) is 0 Å². The summed E-state index contributed by atoms with van der Waals surface area (Å²) in [5, 5.41) is 3.00. The minimum atomic E-state index is 0.0301. The van der Waals surface area contributed by atoms with E-state index in [0.717, 1.165) is 42.9 Å². The fraction of sp³-hybridized carbons (Fsp3) is 0.409. The van der Waals surface area contributed by atoms with E-state index in [1.165, 1.54) is 5.56 Å². The summed E-state index contributed by atoms with van der Waals surface area (Å²) in [5.41, 5.74) is 7.77. The molecule has 0 unspecified atom stereocenters. The van der Waals surface area contributed by atoms with E-state index in [9.17, 15) is 4.79 Å².